The molecule has 0 fully saturated rings. The summed E-state index contributed by atoms with van der Waals surface area (Å²) in [5, 5.41) is 0. The van der Waals surface area contributed by atoms with Crippen LogP contribution in [0.1, 0.15) is 13.3 Å². The van der Waals surface area contributed by atoms with Crippen LogP contribution in [-0.4, -0.2) is 50.7 Å². The van der Waals surface area contributed by atoms with Gasteiger partial charge in [0.2, 0.25) is 0 Å². The standard InChI is InChI=1S/C11H19NO4/c1-9(2)5-6-12(7-10(13)15-3)8-11(14)16-4/h1,5-8H2,2-4H3. The Morgan fingerprint density at radius 1 is 1.12 bits per heavy atom. The Balaban J connectivity index is 4.20. The van der Waals surface area contributed by atoms with Crippen LogP contribution < -0.4 is 0 Å². The lowest BCUT2D eigenvalue weighted by atomic mass is 10.2. The van der Waals surface area contributed by atoms with Gasteiger partial charge in [0.15, 0.2) is 0 Å². The van der Waals surface area contributed by atoms with Crippen molar-refractivity contribution in [3.05, 3.63) is 12.2 Å². The van der Waals surface area contributed by atoms with E-state index in [9.17, 15) is 9.59 Å². The van der Waals surface area contributed by atoms with Crippen LogP contribution in [0.2, 0.25) is 0 Å². The zero-order valence-electron chi connectivity index (χ0n) is 10.1. The van der Waals surface area contributed by atoms with Crippen LogP contribution in [0.5, 0.6) is 0 Å². The molecule has 0 saturated heterocycles. The molecule has 0 rings (SSSR count). The van der Waals surface area contributed by atoms with Gasteiger partial charge in [0.25, 0.3) is 0 Å². The van der Waals surface area contributed by atoms with Crippen LogP contribution in [0, 0.1) is 0 Å². The van der Waals surface area contributed by atoms with Crippen molar-refractivity contribution in [1.29, 1.82) is 0 Å². The molecule has 0 amide bonds. The van der Waals surface area contributed by atoms with E-state index in [2.05, 4.69) is 16.1 Å². The maximum absolute atomic E-state index is 11.1. The zero-order chi connectivity index (χ0) is 12.6. The summed E-state index contributed by atoms with van der Waals surface area (Å²) in [6.07, 6.45) is 0.730. The average molecular weight is 229 g/mol. The summed E-state index contributed by atoms with van der Waals surface area (Å²) < 4.78 is 9.10. The summed E-state index contributed by atoms with van der Waals surface area (Å²) >= 11 is 0. The van der Waals surface area contributed by atoms with Gasteiger partial charge in [-0.3, -0.25) is 14.5 Å². The van der Waals surface area contributed by atoms with Crippen LogP contribution in [-0.2, 0) is 19.1 Å². The first-order valence-corrected chi connectivity index (χ1v) is 5.00. The first-order chi connectivity index (χ1) is 7.49. The lowest BCUT2D eigenvalue weighted by molar-refractivity contribution is -0.145. The summed E-state index contributed by atoms with van der Waals surface area (Å²) in [5.41, 5.74) is 1.000. The molecular formula is C11H19NO4. The molecule has 0 saturated carbocycles. The first-order valence-electron chi connectivity index (χ1n) is 5.00. The second-order valence-electron chi connectivity index (χ2n) is 3.57. The van der Waals surface area contributed by atoms with Gasteiger partial charge in [0.1, 0.15) is 0 Å². The minimum atomic E-state index is -0.370. The van der Waals surface area contributed by atoms with Gasteiger partial charge >= 0.3 is 11.9 Å². The molecule has 0 bridgehead atoms. The van der Waals surface area contributed by atoms with Gasteiger partial charge in [-0.2, -0.15) is 0 Å². The second kappa shape index (κ2) is 7.87. The van der Waals surface area contributed by atoms with Crippen LogP contribution in [0.15, 0.2) is 12.2 Å². The fourth-order valence-corrected chi connectivity index (χ4v) is 1.06. The van der Waals surface area contributed by atoms with Gasteiger partial charge in [0.05, 0.1) is 27.3 Å². The van der Waals surface area contributed by atoms with Crippen LogP contribution >= 0.6 is 0 Å². The van der Waals surface area contributed by atoms with E-state index in [1.54, 1.807) is 4.90 Å². The number of ether oxygens (including phenoxy) is 2. The van der Waals surface area contributed by atoms with Crippen molar-refractivity contribution >= 4 is 11.9 Å². The Hall–Kier alpha value is -1.36. The summed E-state index contributed by atoms with van der Waals surface area (Å²) in [6, 6.07) is 0. The first kappa shape index (κ1) is 14.6. The predicted molar refractivity (Wildman–Crippen MR) is 59.9 cm³/mol. The van der Waals surface area contributed by atoms with Crippen molar-refractivity contribution < 1.29 is 19.1 Å². The van der Waals surface area contributed by atoms with E-state index in [-0.39, 0.29) is 25.0 Å². The van der Waals surface area contributed by atoms with Crippen LogP contribution in [0.25, 0.3) is 0 Å². The maximum Gasteiger partial charge on any atom is 0.319 e. The Morgan fingerprint density at radius 2 is 1.56 bits per heavy atom. The van der Waals surface area contributed by atoms with Gasteiger partial charge in [-0.25, -0.2) is 0 Å². The molecule has 92 valence electrons. The molecule has 0 radical (unpaired) electrons. The number of esters is 2. The molecule has 16 heavy (non-hydrogen) atoms. The summed E-state index contributed by atoms with van der Waals surface area (Å²) in [7, 11) is 2.63. The minimum absolute atomic E-state index is 0.0822. The fraction of sp³-hybridized carbons (Fsp3) is 0.636. The van der Waals surface area contributed by atoms with Crippen molar-refractivity contribution in [2.75, 3.05) is 33.9 Å². The quantitative estimate of drug-likeness (QED) is 0.472. The molecular weight excluding hydrogens is 210 g/mol. The Bertz CT molecular complexity index is 245. The smallest absolute Gasteiger partial charge is 0.319 e. The number of nitrogens with zero attached hydrogens (tertiary/aromatic N) is 1. The molecule has 0 aliphatic rings. The van der Waals surface area contributed by atoms with E-state index < -0.39 is 0 Å². The van der Waals surface area contributed by atoms with Crippen molar-refractivity contribution in [2.24, 2.45) is 0 Å². The Labute approximate surface area is 96.0 Å². The number of hydrogen-bond acceptors (Lipinski definition) is 5. The van der Waals surface area contributed by atoms with Gasteiger partial charge in [-0.05, 0) is 13.3 Å². The molecule has 0 unspecified atom stereocenters. The molecule has 0 heterocycles. The fourth-order valence-electron chi connectivity index (χ4n) is 1.06. The van der Waals surface area contributed by atoms with Gasteiger partial charge < -0.3 is 9.47 Å². The third-order valence-electron chi connectivity index (χ3n) is 2.02. The Kier molecular flexibility index (Phi) is 7.20. The van der Waals surface area contributed by atoms with E-state index in [1.807, 2.05) is 6.92 Å². The molecule has 5 heteroatoms. The largest absolute Gasteiger partial charge is 0.468 e. The molecule has 0 aromatic rings. The lowest BCUT2D eigenvalue weighted by Gasteiger charge is -2.19. The normalized spacial score (nSPS) is 10.0. The van der Waals surface area contributed by atoms with E-state index in [0.717, 1.165) is 12.0 Å². The molecule has 0 aliphatic heterocycles. The van der Waals surface area contributed by atoms with Gasteiger partial charge in [-0.15, -0.1) is 6.58 Å². The highest BCUT2D eigenvalue weighted by atomic mass is 16.5. The molecule has 0 N–H and O–H groups in total. The van der Waals surface area contributed by atoms with E-state index in [1.165, 1.54) is 14.2 Å². The lowest BCUT2D eigenvalue weighted by Crippen LogP contribution is -2.36. The highest BCUT2D eigenvalue weighted by Crippen LogP contribution is 2.00. The van der Waals surface area contributed by atoms with Crippen LogP contribution in [0.4, 0.5) is 0 Å². The topological polar surface area (TPSA) is 55.8 Å². The second-order valence-corrected chi connectivity index (χ2v) is 3.57. The van der Waals surface area contributed by atoms with Gasteiger partial charge in [-0.1, -0.05) is 5.57 Å². The van der Waals surface area contributed by atoms with Crippen molar-refractivity contribution in [1.82, 2.24) is 4.90 Å². The maximum atomic E-state index is 11.1. The molecule has 0 aromatic heterocycles. The number of carbonyl (C=O) groups excluding carboxylic acids is 2. The zero-order valence-corrected chi connectivity index (χ0v) is 10.1. The minimum Gasteiger partial charge on any atom is -0.468 e. The van der Waals surface area contributed by atoms with Crippen LogP contribution in [0.3, 0.4) is 0 Å². The number of rotatable bonds is 7. The van der Waals surface area contributed by atoms with Crippen molar-refractivity contribution in [2.45, 2.75) is 13.3 Å². The summed E-state index contributed by atoms with van der Waals surface area (Å²) in [4.78, 5) is 23.9. The average Bonchev–Trinajstić information content (AvgIpc) is 2.25. The number of carbonyl (C=O) groups is 2. The Morgan fingerprint density at radius 3 is 1.88 bits per heavy atom. The van der Waals surface area contributed by atoms with E-state index >= 15 is 0 Å². The summed E-state index contributed by atoms with van der Waals surface area (Å²) in [6.45, 7) is 6.41. The molecule has 0 aliphatic carbocycles. The van der Waals surface area contributed by atoms with Crippen molar-refractivity contribution in [3.8, 4) is 0 Å². The summed E-state index contributed by atoms with van der Waals surface area (Å²) in [5.74, 6) is -0.740. The molecule has 5 nitrogen and oxygen atoms in total. The number of hydrogen-bond donors (Lipinski definition) is 0. The van der Waals surface area contributed by atoms with E-state index in [4.69, 9.17) is 0 Å². The van der Waals surface area contributed by atoms with Gasteiger partial charge in [0, 0.05) is 6.54 Å². The number of methoxy groups -OCH3 is 2. The highest BCUT2D eigenvalue weighted by Gasteiger charge is 2.14. The monoisotopic (exact) mass is 229 g/mol. The van der Waals surface area contributed by atoms with E-state index in [0.29, 0.717) is 6.54 Å². The van der Waals surface area contributed by atoms with Crippen molar-refractivity contribution in [3.63, 3.8) is 0 Å². The molecule has 0 aromatic carbocycles. The third-order valence-corrected chi connectivity index (χ3v) is 2.02. The predicted octanol–water partition coefficient (Wildman–Crippen LogP) is 0.601. The third kappa shape index (κ3) is 7.00. The SMILES string of the molecule is C=C(C)CCN(CC(=O)OC)CC(=O)OC. The molecule has 0 spiro atoms. The highest BCUT2D eigenvalue weighted by molar-refractivity contribution is 5.74. The molecule has 0 atom stereocenters.